The maximum atomic E-state index is 5.91. The van der Waals surface area contributed by atoms with Crippen LogP contribution in [0, 0.1) is 0 Å². The van der Waals surface area contributed by atoms with Crippen LogP contribution in [0.2, 0.25) is 5.02 Å². The lowest BCUT2D eigenvalue weighted by atomic mass is 10.2. The topological polar surface area (TPSA) is 38.1 Å². The minimum atomic E-state index is 0.687. The van der Waals surface area contributed by atoms with E-state index in [-0.39, 0.29) is 0 Å². The largest absolute Gasteiger partial charge is 0.443 e. The fourth-order valence-electron chi connectivity index (χ4n) is 1.32. The summed E-state index contributed by atoms with van der Waals surface area (Å²) in [6.45, 7) is 0.728. The first-order chi connectivity index (χ1) is 6.31. The van der Waals surface area contributed by atoms with Crippen LogP contribution in [0.15, 0.2) is 22.9 Å². The first kappa shape index (κ1) is 8.53. The Morgan fingerprint density at radius 2 is 2.38 bits per heavy atom. The Bertz CT molecular complexity index is 424. The van der Waals surface area contributed by atoms with Crippen molar-refractivity contribution in [3.8, 4) is 0 Å². The average Bonchev–Trinajstić information content (AvgIpc) is 2.52. The van der Waals surface area contributed by atoms with Crippen LogP contribution in [0.25, 0.3) is 11.1 Å². The van der Waals surface area contributed by atoms with E-state index in [1.165, 1.54) is 6.39 Å². The number of benzene rings is 1. The zero-order chi connectivity index (χ0) is 9.26. The molecule has 0 atom stereocenters. The van der Waals surface area contributed by atoms with Gasteiger partial charge in [0.25, 0.3) is 0 Å². The standard InChI is InChI=1S/C9H9ClN2O/c1-11-4-6-2-7(10)3-8-9(6)13-5-12-8/h2-3,5,11H,4H2,1H3. The number of halogens is 1. The lowest BCUT2D eigenvalue weighted by molar-refractivity contribution is 0.595. The van der Waals surface area contributed by atoms with Gasteiger partial charge >= 0.3 is 0 Å². The van der Waals surface area contributed by atoms with Crippen molar-refractivity contribution in [3.63, 3.8) is 0 Å². The SMILES string of the molecule is CNCc1cc(Cl)cc2ncoc12. The number of oxazole rings is 1. The zero-order valence-corrected chi connectivity index (χ0v) is 7.93. The summed E-state index contributed by atoms with van der Waals surface area (Å²) in [5, 5.41) is 3.73. The number of hydrogen-bond donors (Lipinski definition) is 1. The summed E-state index contributed by atoms with van der Waals surface area (Å²) in [5.74, 6) is 0. The summed E-state index contributed by atoms with van der Waals surface area (Å²) in [5.41, 5.74) is 2.64. The molecule has 2 rings (SSSR count). The lowest BCUT2D eigenvalue weighted by Gasteiger charge is -2.00. The van der Waals surface area contributed by atoms with Crippen molar-refractivity contribution in [1.29, 1.82) is 0 Å². The number of hydrogen-bond acceptors (Lipinski definition) is 3. The molecule has 0 aliphatic carbocycles. The number of rotatable bonds is 2. The molecule has 0 saturated heterocycles. The predicted octanol–water partition coefficient (Wildman–Crippen LogP) is 2.20. The molecule has 68 valence electrons. The smallest absolute Gasteiger partial charge is 0.181 e. The van der Waals surface area contributed by atoms with Crippen LogP contribution in [0.1, 0.15) is 5.56 Å². The van der Waals surface area contributed by atoms with Crippen LogP contribution in [-0.2, 0) is 6.54 Å². The summed E-state index contributed by atoms with van der Waals surface area (Å²) >= 11 is 5.91. The molecule has 13 heavy (non-hydrogen) atoms. The van der Waals surface area contributed by atoms with E-state index in [1.807, 2.05) is 13.1 Å². The molecule has 0 aliphatic heterocycles. The van der Waals surface area contributed by atoms with Gasteiger partial charge in [-0.2, -0.15) is 0 Å². The molecule has 0 amide bonds. The molecular formula is C9H9ClN2O. The second-order valence-corrected chi connectivity index (χ2v) is 3.23. The van der Waals surface area contributed by atoms with E-state index < -0.39 is 0 Å². The van der Waals surface area contributed by atoms with E-state index >= 15 is 0 Å². The third-order valence-electron chi connectivity index (χ3n) is 1.84. The fraction of sp³-hybridized carbons (Fsp3) is 0.222. The van der Waals surface area contributed by atoms with Gasteiger partial charge in [-0.1, -0.05) is 11.6 Å². The lowest BCUT2D eigenvalue weighted by Crippen LogP contribution is -2.05. The third kappa shape index (κ3) is 1.53. The number of nitrogens with one attached hydrogen (secondary N) is 1. The molecule has 0 aliphatic rings. The second-order valence-electron chi connectivity index (χ2n) is 2.80. The molecule has 0 saturated carbocycles. The molecule has 0 radical (unpaired) electrons. The Morgan fingerprint density at radius 1 is 1.54 bits per heavy atom. The van der Waals surface area contributed by atoms with Crippen LogP contribution in [0.5, 0.6) is 0 Å². The van der Waals surface area contributed by atoms with Gasteiger partial charge in [0.2, 0.25) is 0 Å². The number of fused-ring (bicyclic) bond motifs is 1. The predicted molar refractivity (Wildman–Crippen MR) is 51.8 cm³/mol. The first-order valence-electron chi connectivity index (χ1n) is 3.97. The number of nitrogens with zero attached hydrogens (tertiary/aromatic N) is 1. The third-order valence-corrected chi connectivity index (χ3v) is 2.06. The van der Waals surface area contributed by atoms with Gasteiger partial charge in [-0.05, 0) is 19.2 Å². The summed E-state index contributed by atoms with van der Waals surface area (Å²) in [7, 11) is 1.88. The highest BCUT2D eigenvalue weighted by atomic mass is 35.5. The van der Waals surface area contributed by atoms with Crippen LogP contribution in [-0.4, -0.2) is 12.0 Å². The summed E-state index contributed by atoms with van der Waals surface area (Å²) in [6, 6.07) is 3.67. The summed E-state index contributed by atoms with van der Waals surface area (Å²) in [4.78, 5) is 4.04. The van der Waals surface area contributed by atoms with Crippen molar-refractivity contribution in [2.24, 2.45) is 0 Å². The van der Waals surface area contributed by atoms with Crippen molar-refractivity contribution in [2.75, 3.05) is 7.05 Å². The van der Waals surface area contributed by atoms with Gasteiger partial charge in [0.15, 0.2) is 12.0 Å². The maximum Gasteiger partial charge on any atom is 0.181 e. The van der Waals surface area contributed by atoms with E-state index in [1.54, 1.807) is 6.07 Å². The highest BCUT2D eigenvalue weighted by Gasteiger charge is 2.06. The quantitative estimate of drug-likeness (QED) is 0.800. The van der Waals surface area contributed by atoms with Gasteiger partial charge in [-0.25, -0.2) is 4.98 Å². The Labute approximate surface area is 80.7 Å². The van der Waals surface area contributed by atoms with Crippen molar-refractivity contribution in [3.05, 3.63) is 29.1 Å². The Kier molecular flexibility index (Phi) is 2.20. The van der Waals surface area contributed by atoms with Gasteiger partial charge in [-0.15, -0.1) is 0 Å². The van der Waals surface area contributed by atoms with Crippen LogP contribution >= 0.6 is 11.6 Å². The summed E-state index contributed by atoms with van der Waals surface area (Å²) in [6.07, 6.45) is 1.43. The minimum absolute atomic E-state index is 0.687. The Balaban J connectivity index is 2.63. The van der Waals surface area contributed by atoms with E-state index in [0.717, 1.165) is 23.2 Å². The summed E-state index contributed by atoms with van der Waals surface area (Å²) < 4.78 is 5.25. The van der Waals surface area contributed by atoms with Crippen molar-refractivity contribution in [1.82, 2.24) is 10.3 Å². The molecule has 1 aromatic heterocycles. The highest BCUT2D eigenvalue weighted by molar-refractivity contribution is 6.31. The van der Waals surface area contributed by atoms with Crippen LogP contribution in [0.4, 0.5) is 0 Å². The Hall–Kier alpha value is -1.06. The molecule has 4 heteroatoms. The second kappa shape index (κ2) is 3.36. The van der Waals surface area contributed by atoms with Gasteiger partial charge < -0.3 is 9.73 Å². The molecule has 0 spiro atoms. The van der Waals surface area contributed by atoms with E-state index in [9.17, 15) is 0 Å². The Morgan fingerprint density at radius 3 is 3.15 bits per heavy atom. The molecule has 3 nitrogen and oxygen atoms in total. The van der Waals surface area contributed by atoms with Crippen molar-refractivity contribution < 1.29 is 4.42 Å². The molecule has 0 bridgehead atoms. The van der Waals surface area contributed by atoms with Gasteiger partial charge in [0, 0.05) is 17.1 Å². The molecule has 1 aromatic carbocycles. The van der Waals surface area contributed by atoms with Crippen LogP contribution < -0.4 is 5.32 Å². The minimum Gasteiger partial charge on any atom is -0.443 e. The molecular weight excluding hydrogens is 188 g/mol. The average molecular weight is 197 g/mol. The monoisotopic (exact) mass is 196 g/mol. The normalized spacial score (nSPS) is 10.9. The zero-order valence-electron chi connectivity index (χ0n) is 7.17. The molecule has 1 N–H and O–H groups in total. The van der Waals surface area contributed by atoms with E-state index in [0.29, 0.717) is 5.02 Å². The van der Waals surface area contributed by atoms with Gasteiger partial charge in [-0.3, -0.25) is 0 Å². The molecule has 0 fully saturated rings. The molecule has 0 unspecified atom stereocenters. The molecule has 1 heterocycles. The van der Waals surface area contributed by atoms with Crippen molar-refractivity contribution in [2.45, 2.75) is 6.54 Å². The van der Waals surface area contributed by atoms with E-state index in [4.69, 9.17) is 16.0 Å². The van der Waals surface area contributed by atoms with Crippen LogP contribution in [0.3, 0.4) is 0 Å². The molecule has 2 aromatic rings. The van der Waals surface area contributed by atoms with Gasteiger partial charge in [0.05, 0.1) is 0 Å². The number of aromatic nitrogens is 1. The fourth-order valence-corrected chi connectivity index (χ4v) is 1.56. The van der Waals surface area contributed by atoms with Crippen molar-refractivity contribution >= 4 is 22.7 Å². The maximum absolute atomic E-state index is 5.91. The van der Waals surface area contributed by atoms with Gasteiger partial charge in [0.1, 0.15) is 5.52 Å². The first-order valence-corrected chi connectivity index (χ1v) is 4.35. The highest BCUT2D eigenvalue weighted by Crippen LogP contribution is 2.22. The van der Waals surface area contributed by atoms with E-state index in [2.05, 4.69) is 10.3 Å².